The van der Waals surface area contributed by atoms with Crippen LogP contribution in [0.25, 0.3) is 0 Å². The Kier molecular flexibility index (Phi) is 7.84. The van der Waals surface area contributed by atoms with Crippen molar-refractivity contribution in [2.75, 3.05) is 6.61 Å². The molecule has 0 fully saturated rings. The van der Waals surface area contributed by atoms with Crippen LogP contribution in [0.1, 0.15) is 10.4 Å². The van der Waals surface area contributed by atoms with Gasteiger partial charge in [0.1, 0.15) is 5.75 Å². The maximum Gasteiger partial charge on any atom is 0.276 e. The number of hydrogen-bond donors (Lipinski definition) is 3. The third kappa shape index (κ3) is 6.55. The molecule has 0 saturated heterocycles. The quantitative estimate of drug-likeness (QED) is 0.308. The second-order valence-electron chi connectivity index (χ2n) is 5.12. The molecule has 28 heavy (non-hydrogen) atoms. The van der Waals surface area contributed by atoms with Crippen LogP contribution < -0.4 is 20.9 Å². The van der Waals surface area contributed by atoms with Crippen molar-refractivity contribution in [3.63, 3.8) is 0 Å². The van der Waals surface area contributed by atoms with Crippen LogP contribution in [0.3, 0.4) is 0 Å². The number of benzene rings is 2. The number of carbonyl (C=O) groups excluding carboxylic acids is 2. The number of non-ortho nitro benzene ring substituents is 1. The summed E-state index contributed by atoms with van der Waals surface area (Å²) in [5, 5.41) is 12.8. The van der Waals surface area contributed by atoms with E-state index in [2.05, 4.69) is 48.0 Å². The lowest BCUT2D eigenvalue weighted by Gasteiger charge is -2.12. The van der Waals surface area contributed by atoms with E-state index in [0.717, 1.165) is 4.47 Å². The summed E-state index contributed by atoms with van der Waals surface area (Å²) in [5.41, 5.74) is 4.68. The van der Waals surface area contributed by atoms with Gasteiger partial charge in [-0.3, -0.25) is 35.9 Å². The fourth-order valence-corrected chi connectivity index (χ4v) is 3.14. The zero-order valence-corrected chi connectivity index (χ0v) is 17.9. The zero-order valence-electron chi connectivity index (χ0n) is 13.9. The van der Waals surface area contributed by atoms with E-state index in [1.165, 1.54) is 24.3 Å². The number of nitro benzene ring substituents is 1. The van der Waals surface area contributed by atoms with Crippen LogP contribution in [-0.2, 0) is 4.79 Å². The maximum atomic E-state index is 12.0. The van der Waals surface area contributed by atoms with Gasteiger partial charge >= 0.3 is 0 Å². The molecule has 0 heterocycles. The lowest BCUT2D eigenvalue weighted by Crippen LogP contribution is -2.49. The Morgan fingerprint density at radius 3 is 2.39 bits per heavy atom. The fraction of sp³-hybridized carbons (Fsp3) is 0.0625. The van der Waals surface area contributed by atoms with Gasteiger partial charge in [0.2, 0.25) is 0 Å². The van der Waals surface area contributed by atoms with E-state index in [1.807, 2.05) is 0 Å². The van der Waals surface area contributed by atoms with E-state index in [4.69, 9.17) is 17.0 Å². The summed E-state index contributed by atoms with van der Waals surface area (Å²) in [5.74, 6) is -0.633. The third-order valence-corrected chi connectivity index (χ3v) is 4.45. The molecule has 0 bridgehead atoms. The standard InChI is InChI=1S/C16H12Br2N4O5S/c17-10-3-6-13(12(18)7-10)27-8-14(23)20-21-16(28)19-15(24)9-1-4-11(5-2-9)22(25)26/h1-7H,8H2,(H,20,23)(H2,19,21,24,28). The lowest BCUT2D eigenvalue weighted by molar-refractivity contribution is -0.384. The molecule has 2 aromatic rings. The number of ether oxygens (including phenoxy) is 1. The molecule has 0 aliphatic rings. The van der Waals surface area contributed by atoms with Crippen molar-refractivity contribution < 1.29 is 19.2 Å². The highest BCUT2D eigenvalue weighted by Crippen LogP contribution is 2.28. The summed E-state index contributed by atoms with van der Waals surface area (Å²) in [7, 11) is 0. The second kappa shape index (κ2) is 10.1. The first kappa shape index (κ1) is 21.7. The van der Waals surface area contributed by atoms with Gasteiger partial charge in [-0.25, -0.2) is 0 Å². The van der Waals surface area contributed by atoms with Crippen LogP contribution in [0.5, 0.6) is 5.75 Å². The summed E-state index contributed by atoms with van der Waals surface area (Å²) in [6.45, 7) is -0.286. The zero-order chi connectivity index (χ0) is 20.7. The summed E-state index contributed by atoms with van der Waals surface area (Å²) < 4.78 is 6.89. The topological polar surface area (TPSA) is 123 Å². The molecule has 0 unspecified atom stereocenters. The molecule has 3 N–H and O–H groups in total. The highest BCUT2D eigenvalue weighted by atomic mass is 79.9. The molecule has 2 aromatic carbocycles. The molecule has 12 heteroatoms. The minimum Gasteiger partial charge on any atom is -0.483 e. The van der Waals surface area contributed by atoms with Gasteiger partial charge in [0.05, 0.1) is 9.40 Å². The minimum atomic E-state index is -0.586. The van der Waals surface area contributed by atoms with E-state index >= 15 is 0 Å². The first-order chi connectivity index (χ1) is 13.3. The van der Waals surface area contributed by atoms with E-state index in [-0.39, 0.29) is 23.0 Å². The molecule has 0 aliphatic heterocycles. The van der Waals surface area contributed by atoms with Crippen molar-refractivity contribution in [2.45, 2.75) is 0 Å². The fourth-order valence-electron chi connectivity index (χ4n) is 1.84. The van der Waals surface area contributed by atoms with Crippen LogP contribution >= 0.6 is 44.1 Å². The van der Waals surface area contributed by atoms with Crippen molar-refractivity contribution in [2.24, 2.45) is 0 Å². The van der Waals surface area contributed by atoms with Gasteiger partial charge in [0.25, 0.3) is 17.5 Å². The van der Waals surface area contributed by atoms with Crippen LogP contribution in [0, 0.1) is 10.1 Å². The number of thiocarbonyl (C=S) groups is 1. The summed E-state index contributed by atoms with van der Waals surface area (Å²) in [6, 6.07) is 10.2. The molecule has 0 atom stereocenters. The largest absolute Gasteiger partial charge is 0.483 e. The van der Waals surface area contributed by atoms with Crippen LogP contribution in [0.15, 0.2) is 51.4 Å². The number of amides is 2. The molecular weight excluding hydrogens is 520 g/mol. The molecule has 0 spiro atoms. The first-order valence-corrected chi connectivity index (χ1v) is 9.48. The average molecular weight is 532 g/mol. The number of hydrazine groups is 1. The highest BCUT2D eigenvalue weighted by Gasteiger charge is 2.11. The number of nitrogens with zero attached hydrogens (tertiary/aromatic N) is 1. The molecule has 0 aromatic heterocycles. The molecule has 2 rings (SSSR count). The number of nitro groups is 1. The van der Waals surface area contributed by atoms with E-state index in [0.29, 0.717) is 10.2 Å². The average Bonchev–Trinajstić information content (AvgIpc) is 2.65. The van der Waals surface area contributed by atoms with Crippen LogP contribution in [0.2, 0.25) is 0 Å². The predicted octanol–water partition coefficient (Wildman–Crippen LogP) is 2.83. The number of halogens is 2. The minimum absolute atomic E-state index is 0.137. The normalized spacial score (nSPS) is 9.93. The summed E-state index contributed by atoms with van der Waals surface area (Å²) >= 11 is 11.5. The number of nitrogens with one attached hydrogen (secondary N) is 3. The Labute approximate surface area is 181 Å². The van der Waals surface area contributed by atoms with Crippen LogP contribution in [0.4, 0.5) is 5.69 Å². The van der Waals surface area contributed by atoms with Crippen molar-refractivity contribution in [1.29, 1.82) is 0 Å². The van der Waals surface area contributed by atoms with Gasteiger partial charge in [-0.2, -0.15) is 0 Å². The smallest absolute Gasteiger partial charge is 0.276 e. The molecule has 0 radical (unpaired) electrons. The SMILES string of the molecule is O=C(COc1ccc(Br)cc1Br)NNC(=S)NC(=O)c1ccc([N+](=O)[O-])cc1. The molecular formula is C16H12Br2N4O5S. The number of rotatable bonds is 5. The van der Waals surface area contributed by atoms with Gasteiger partial charge in [-0.05, 0) is 58.5 Å². The van der Waals surface area contributed by atoms with Crippen LogP contribution in [-0.4, -0.2) is 28.5 Å². The molecule has 9 nitrogen and oxygen atoms in total. The van der Waals surface area contributed by atoms with E-state index in [9.17, 15) is 19.7 Å². The Morgan fingerprint density at radius 2 is 1.79 bits per heavy atom. The Balaban J connectivity index is 1.77. The Bertz CT molecular complexity index is 924. The maximum absolute atomic E-state index is 12.0. The summed E-state index contributed by atoms with van der Waals surface area (Å²) in [6.07, 6.45) is 0. The number of carbonyl (C=O) groups is 2. The van der Waals surface area contributed by atoms with Gasteiger partial charge in [0, 0.05) is 22.2 Å². The van der Waals surface area contributed by atoms with Gasteiger partial charge in [-0.15, -0.1) is 0 Å². The third-order valence-electron chi connectivity index (χ3n) is 3.14. The van der Waals surface area contributed by atoms with Gasteiger partial charge < -0.3 is 4.74 Å². The van der Waals surface area contributed by atoms with Crippen molar-refractivity contribution in [3.8, 4) is 5.75 Å². The molecule has 0 saturated carbocycles. The van der Waals surface area contributed by atoms with Crippen molar-refractivity contribution in [1.82, 2.24) is 16.2 Å². The van der Waals surface area contributed by atoms with Crippen molar-refractivity contribution in [3.05, 3.63) is 67.1 Å². The summed E-state index contributed by atoms with van der Waals surface area (Å²) in [4.78, 5) is 33.8. The second-order valence-corrected chi connectivity index (χ2v) is 7.30. The molecule has 2 amide bonds. The van der Waals surface area contributed by atoms with Crippen molar-refractivity contribution >= 4 is 66.7 Å². The van der Waals surface area contributed by atoms with E-state index < -0.39 is 16.7 Å². The Morgan fingerprint density at radius 1 is 1.11 bits per heavy atom. The van der Waals surface area contributed by atoms with E-state index in [1.54, 1.807) is 18.2 Å². The number of hydrogen-bond acceptors (Lipinski definition) is 6. The van der Waals surface area contributed by atoms with Gasteiger partial charge in [0.15, 0.2) is 11.7 Å². The van der Waals surface area contributed by atoms with Gasteiger partial charge in [-0.1, -0.05) is 15.9 Å². The molecule has 0 aliphatic carbocycles. The highest BCUT2D eigenvalue weighted by molar-refractivity contribution is 9.11. The predicted molar refractivity (Wildman–Crippen MR) is 112 cm³/mol. The molecule has 146 valence electrons. The lowest BCUT2D eigenvalue weighted by atomic mass is 10.2. The monoisotopic (exact) mass is 530 g/mol. The Hall–Kier alpha value is -2.57. The first-order valence-electron chi connectivity index (χ1n) is 7.48.